The van der Waals surface area contributed by atoms with E-state index < -0.39 is 0 Å². The van der Waals surface area contributed by atoms with Crippen LogP contribution < -0.4 is 4.89 Å². The van der Waals surface area contributed by atoms with Crippen molar-refractivity contribution in [2.75, 3.05) is 7.11 Å². The second kappa shape index (κ2) is 7.02. The molecule has 0 atom stereocenters. The highest BCUT2D eigenvalue weighted by Crippen LogP contribution is 2.01. The van der Waals surface area contributed by atoms with Gasteiger partial charge in [0.05, 0.1) is 7.11 Å². The first-order chi connectivity index (χ1) is 5.43. The molecule has 0 unspecified atom stereocenters. The first kappa shape index (κ1) is 9.91. The summed E-state index contributed by atoms with van der Waals surface area (Å²) in [6.07, 6.45) is 1.63. The minimum Gasteiger partial charge on any atom is -0.317 e. The highest BCUT2D eigenvalue weighted by molar-refractivity contribution is 5.07. The van der Waals surface area contributed by atoms with Crippen LogP contribution in [-0.2, 0) is 4.89 Å². The highest BCUT2D eigenvalue weighted by Gasteiger charge is 1.87. The Hall–Kier alpha value is -1.09. The molecule has 1 aromatic heterocycles. The topological polar surface area (TPSA) is 31.4 Å². The van der Waals surface area contributed by atoms with Gasteiger partial charge in [0.1, 0.15) is 0 Å². The molecule has 0 aromatic carbocycles. The van der Waals surface area contributed by atoms with Crippen LogP contribution in [-0.4, -0.2) is 12.1 Å². The van der Waals surface area contributed by atoms with Gasteiger partial charge < -0.3 is 4.89 Å². The van der Waals surface area contributed by atoms with Gasteiger partial charge in [0.15, 0.2) is 0 Å². The van der Waals surface area contributed by atoms with E-state index in [4.69, 9.17) is 0 Å². The van der Waals surface area contributed by atoms with Crippen LogP contribution in [0.15, 0.2) is 24.4 Å². The van der Waals surface area contributed by atoms with E-state index in [1.165, 1.54) is 7.11 Å². The van der Waals surface area contributed by atoms with Gasteiger partial charge in [-0.15, -0.1) is 0 Å². The standard InChI is InChI=1S/C6H7NO2.C2H6/c1-8-9-6-4-2-3-5-7-6;1-2/h2-5H,1H3;1-2H3. The number of rotatable bonds is 2. The summed E-state index contributed by atoms with van der Waals surface area (Å²) in [5, 5.41) is 0. The van der Waals surface area contributed by atoms with Crippen LogP contribution in [0.4, 0.5) is 0 Å². The number of hydrogen-bond donors (Lipinski definition) is 0. The predicted molar refractivity (Wildman–Crippen MR) is 43.2 cm³/mol. The van der Waals surface area contributed by atoms with E-state index in [0.717, 1.165) is 0 Å². The number of hydrogen-bond acceptors (Lipinski definition) is 3. The zero-order chi connectivity index (χ0) is 8.53. The molecular weight excluding hydrogens is 142 g/mol. The van der Waals surface area contributed by atoms with Crippen molar-refractivity contribution in [3.05, 3.63) is 24.4 Å². The Kier molecular flexibility index (Phi) is 6.33. The van der Waals surface area contributed by atoms with E-state index in [9.17, 15) is 0 Å². The summed E-state index contributed by atoms with van der Waals surface area (Å²) < 4.78 is 0. The molecule has 0 aliphatic carbocycles. The molecule has 0 fully saturated rings. The lowest BCUT2D eigenvalue weighted by Gasteiger charge is -1.95. The molecule has 0 N–H and O–H groups in total. The second-order valence-electron chi connectivity index (χ2n) is 1.42. The van der Waals surface area contributed by atoms with Crippen molar-refractivity contribution in [1.82, 2.24) is 4.98 Å². The van der Waals surface area contributed by atoms with E-state index in [0.29, 0.717) is 5.88 Å². The van der Waals surface area contributed by atoms with Gasteiger partial charge in [0, 0.05) is 12.3 Å². The Morgan fingerprint density at radius 2 is 2.00 bits per heavy atom. The van der Waals surface area contributed by atoms with Crippen LogP contribution in [0, 0.1) is 0 Å². The van der Waals surface area contributed by atoms with Crippen molar-refractivity contribution in [2.24, 2.45) is 0 Å². The molecule has 0 saturated carbocycles. The van der Waals surface area contributed by atoms with E-state index >= 15 is 0 Å². The summed E-state index contributed by atoms with van der Waals surface area (Å²) in [6, 6.07) is 5.34. The third kappa shape index (κ3) is 4.33. The molecule has 1 rings (SSSR count). The van der Waals surface area contributed by atoms with Crippen LogP contribution in [0.25, 0.3) is 0 Å². The lowest BCUT2D eigenvalue weighted by Crippen LogP contribution is -1.91. The predicted octanol–water partition coefficient (Wildman–Crippen LogP) is 2.05. The normalized spacial score (nSPS) is 7.91. The van der Waals surface area contributed by atoms with Crippen molar-refractivity contribution >= 4 is 0 Å². The lowest BCUT2D eigenvalue weighted by molar-refractivity contribution is -0.181. The van der Waals surface area contributed by atoms with Gasteiger partial charge in [0.2, 0.25) is 0 Å². The van der Waals surface area contributed by atoms with Crippen molar-refractivity contribution in [3.8, 4) is 5.88 Å². The molecule has 0 aliphatic rings. The smallest absolute Gasteiger partial charge is 0.256 e. The SMILES string of the molecule is CC.COOc1ccccn1. The molecule has 0 bridgehead atoms. The van der Waals surface area contributed by atoms with E-state index in [1.807, 2.05) is 26.0 Å². The molecule has 3 heteroatoms. The summed E-state index contributed by atoms with van der Waals surface area (Å²) in [4.78, 5) is 12.8. The molecule has 0 radical (unpaired) electrons. The molecule has 1 heterocycles. The third-order valence-corrected chi connectivity index (χ3v) is 0.806. The lowest BCUT2D eigenvalue weighted by atomic mass is 10.5. The van der Waals surface area contributed by atoms with Gasteiger partial charge in [-0.3, -0.25) is 0 Å². The maximum Gasteiger partial charge on any atom is 0.256 e. The fourth-order valence-corrected chi connectivity index (χ4v) is 0.482. The Labute approximate surface area is 66.9 Å². The van der Waals surface area contributed by atoms with Crippen molar-refractivity contribution in [2.45, 2.75) is 13.8 Å². The molecule has 0 saturated heterocycles. The quantitative estimate of drug-likeness (QED) is 0.484. The summed E-state index contributed by atoms with van der Waals surface area (Å²) in [5.74, 6) is 0.472. The van der Waals surface area contributed by atoms with E-state index in [2.05, 4.69) is 14.8 Å². The van der Waals surface area contributed by atoms with Gasteiger partial charge >= 0.3 is 0 Å². The average Bonchev–Trinajstić information content (AvgIpc) is 2.11. The Bertz CT molecular complexity index is 165. The number of pyridine rings is 1. The Morgan fingerprint density at radius 3 is 2.45 bits per heavy atom. The van der Waals surface area contributed by atoms with Gasteiger partial charge in [-0.1, -0.05) is 19.9 Å². The van der Waals surface area contributed by atoms with Crippen LogP contribution in [0.2, 0.25) is 0 Å². The van der Waals surface area contributed by atoms with E-state index in [1.54, 1.807) is 12.3 Å². The van der Waals surface area contributed by atoms with Crippen LogP contribution >= 0.6 is 0 Å². The summed E-state index contributed by atoms with van der Waals surface area (Å²) in [7, 11) is 1.44. The molecule has 1 aromatic rings. The third-order valence-electron chi connectivity index (χ3n) is 0.806. The van der Waals surface area contributed by atoms with E-state index in [-0.39, 0.29) is 0 Å². The van der Waals surface area contributed by atoms with Crippen LogP contribution in [0.5, 0.6) is 5.88 Å². The fraction of sp³-hybridized carbons (Fsp3) is 0.375. The van der Waals surface area contributed by atoms with Crippen molar-refractivity contribution in [3.63, 3.8) is 0 Å². The first-order valence-electron chi connectivity index (χ1n) is 3.55. The van der Waals surface area contributed by atoms with Gasteiger partial charge in [0.25, 0.3) is 5.88 Å². The summed E-state index contributed by atoms with van der Waals surface area (Å²) in [6.45, 7) is 4.00. The van der Waals surface area contributed by atoms with Crippen LogP contribution in [0.1, 0.15) is 13.8 Å². The highest BCUT2D eigenvalue weighted by atomic mass is 17.2. The number of nitrogens with zero attached hydrogens (tertiary/aromatic N) is 1. The maximum absolute atomic E-state index is 4.59. The Balaban J connectivity index is 0.000000461. The first-order valence-corrected chi connectivity index (χ1v) is 3.55. The second-order valence-corrected chi connectivity index (χ2v) is 1.42. The molecule has 62 valence electrons. The van der Waals surface area contributed by atoms with Gasteiger partial charge in [-0.25, -0.2) is 4.98 Å². The monoisotopic (exact) mass is 155 g/mol. The molecule has 3 nitrogen and oxygen atoms in total. The average molecular weight is 155 g/mol. The number of aromatic nitrogens is 1. The molecule has 0 amide bonds. The largest absolute Gasteiger partial charge is 0.317 e. The fourth-order valence-electron chi connectivity index (χ4n) is 0.482. The van der Waals surface area contributed by atoms with Crippen molar-refractivity contribution < 1.29 is 9.78 Å². The van der Waals surface area contributed by atoms with Gasteiger partial charge in [-0.2, -0.15) is 4.89 Å². The molecule has 0 spiro atoms. The van der Waals surface area contributed by atoms with Crippen molar-refractivity contribution in [1.29, 1.82) is 0 Å². The minimum atomic E-state index is 0.472. The maximum atomic E-state index is 4.59. The molecular formula is C8H13NO2. The van der Waals surface area contributed by atoms with Crippen LogP contribution in [0.3, 0.4) is 0 Å². The van der Waals surface area contributed by atoms with Gasteiger partial charge in [-0.05, 0) is 6.07 Å². The molecule has 11 heavy (non-hydrogen) atoms. The zero-order valence-electron chi connectivity index (χ0n) is 7.07. The summed E-state index contributed by atoms with van der Waals surface area (Å²) in [5.41, 5.74) is 0. The summed E-state index contributed by atoms with van der Waals surface area (Å²) >= 11 is 0. The minimum absolute atomic E-state index is 0.472. The zero-order valence-corrected chi connectivity index (χ0v) is 7.07. The molecule has 0 aliphatic heterocycles. The Morgan fingerprint density at radius 1 is 1.27 bits per heavy atom.